The molecule has 198 valence electrons. The highest BCUT2D eigenvalue weighted by Gasteiger charge is 2.30. The van der Waals surface area contributed by atoms with E-state index in [1.165, 1.54) is 23.1 Å². The smallest absolute Gasteiger partial charge is 0.310 e. The van der Waals surface area contributed by atoms with Crippen molar-refractivity contribution in [3.05, 3.63) is 62.7 Å². The lowest BCUT2D eigenvalue weighted by atomic mass is 9.98. The quantitative estimate of drug-likeness (QED) is 0.181. The molecule has 1 saturated heterocycles. The number of thiazole rings is 1. The molecule has 13 heteroatoms. The molecule has 1 amide bonds. The van der Waals surface area contributed by atoms with Gasteiger partial charge in [-0.2, -0.15) is 0 Å². The third-order valence-electron chi connectivity index (χ3n) is 5.95. The van der Waals surface area contributed by atoms with E-state index in [9.17, 15) is 9.59 Å². The number of thioether (sulfide) groups is 1. The first-order valence-electron chi connectivity index (χ1n) is 11.9. The van der Waals surface area contributed by atoms with Gasteiger partial charge in [0.1, 0.15) is 10.7 Å². The summed E-state index contributed by atoms with van der Waals surface area (Å²) < 4.78 is 12.5. The van der Waals surface area contributed by atoms with Crippen LogP contribution in [0.15, 0.2) is 51.5 Å². The Morgan fingerprint density at radius 1 is 1.26 bits per heavy atom. The molecule has 1 unspecified atom stereocenters. The Morgan fingerprint density at radius 2 is 2.13 bits per heavy atom. The van der Waals surface area contributed by atoms with Crippen molar-refractivity contribution in [3.8, 4) is 17.3 Å². The molecule has 0 saturated carbocycles. The van der Waals surface area contributed by atoms with Gasteiger partial charge in [-0.05, 0) is 50.1 Å². The fourth-order valence-electron chi connectivity index (χ4n) is 4.18. The van der Waals surface area contributed by atoms with Gasteiger partial charge in [-0.1, -0.05) is 35.0 Å². The lowest BCUT2D eigenvalue weighted by molar-refractivity contribution is -0.149. The number of hydrogen-bond donors (Lipinski definition) is 0. The number of nitrogens with zero attached hydrogens (tertiary/aromatic N) is 5. The Morgan fingerprint density at radius 3 is 2.92 bits per heavy atom. The summed E-state index contributed by atoms with van der Waals surface area (Å²) in [5.74, 6) is 0.744. The third-order valence-corrected chi connectivity index (χ3v) is 8.47. The van der Waals surface area contributed by atoms with E-state index < -0.39 is 0 Å². The Bertz CT molecular complexity index is 1440. The highest BCUT2D eigenvalue weighted by Crippen LogP contribution is 2.34. The topological polar surface area (TPSA) is 103 Å². The van der Waals surface area contributed by atoms with Gasteiger partial charge in [0.2, 0.25) is 5.82 Å². The first kappa shape index (κ1) is 26.7. The fraction of sp³-hybridized carbons (Fsp3) is 0.320. The van der Waals surface area contributed by atoms with Gasteiger partial charge in [0.05, 0.1) is 35.3 Å². The van der Waals surface area contributed by atoms with Crippen molar-refractivity contribution in [2.24, 2.45) is 5.92 Å². The zero-order valence-corrected chi connectivity index (χ0v) is 23.4. The van der Waals surface area contributed by atoms with E-state index in [4.69, 9.17) is 32.4 Å². The van der Waals surface area contributed by atoms with Crippen molar-refractivity contribution in [1.82, 2.24) is 24.6 Å². The van der Waals surface area contributed by atoms with E-state index in [0.717, 1.165) is 17.8 Å². The van der Waals surface area contributed by atoms with Crippen LogP contribution in [0.2, 0.25) is 10.0 Å². The summed E-state index contributed by atoms with van der Waals surface area (Å²) in [7, 11) is 0. The molecule has 1 aromatic carbocycles. The molecule has 0 aliphatic carbocycles. The Balaban J connectivity index is 1.33. The number of carbonyl (C=O) groups excluding carboxylic acids is 2. The molecule has 0 N–H and O–H groups in total. The van der Waals surface area contributed by atoms with E-state index in [2.05, 4.69) is 15.2 Å². The van der Waals surface area contributed by atoms with Gasteiger partial charge >= 0.3 is 5.97 Å². The number of esters is 1. The molecular weight excluding hydrogens is 569 g/mol. The summed E-state index contributed by atoms with van der Waals surface area (Å²) in [5, 5.41) is 12.8. The summed E-state index contributed by atoms with van der Waals surface area (Å²) in [6.45, 7) is 3.05. The second-order valence-electron chi connectivity index (χ2n) is 8.47. The van der Waals surface area contributed by atoms with E-state index >= 15 is 0 Å². The lowest BCUT2D eigenvalue weighted by Gasteiger charge is -2.31. The molecule has 1 aliphatic rings. The lowest BCUT2D eigenvalue weighted by Crippen LogP contribution is -2.43. The number of piperidine rings is 1. The molecule has 5 rings (SSSR count). The van der Waals surface area contributed by atoms with E-state index in [-0.39, 0.29) is 17.8 Å². The number of furan rings is 1. The molecule has 1 atom stereocenters. The molecule has 9 nitrogen and oxygen atoms in total. The number of rotatable bonds is 8. The summed E-state index contributed by atoms with van der Waals surface area (Å²) in [4.78, 5) is 31.5. The first-order valence-corrected chi connectivity index (χ1v) is 14.5. The van der Waals surface area contributed by atoms with Crippen LogP contribution in [0, 0.1) is 5.92 Å². The second kappa shape index (κ2) is 11.9. The molecule has 1 aliphatic heterocycles. The van der Waals surface area contributed by atoms with Crippen LogP contribution in [0.3, 0.4) is 0 Å². The van der Waals surface area contributed by atoms with Crippen LogP contribution >= 0.6 is 46.3 Å². The van der Waals surface area contributed by atoms with Crippen LogP contribution in [-0.2, 0) is 15.3 Å². The van der Waals surface area contributed by atoms with Crippen LogP contribution in [0.1, 0.15) is 35.3 Å². The number of ether oxygens (including phenoxy) is 1. The second-order valence-corrected chi connectivity index (χ2v) is 11.2. The molecule has 4 aromatic rings. The number of halogens is 2. The van der Waals surface area contributed by atoms with Gasteiger partial charge in [0.15, 0.2) is 10.9 Å². The summed E-state index contributed by atoms with van der Waals surface area (Å²) in [5.41, 5.74) is 0.986. The predicted molar refractivity (Wildman–Crippen MR) is 146 cm³/mol. The van der Waals surface area contributed by atoms with Crippen LogP contribution in [0.4, 0.5) is 0 Å². The number of aromatic nitrogens is 4. The van der Waals surface area contributed by atoms with Crippen molar-refractivity contribution in [2.45, 2.75) is 30.7 Å². The number of amides is 1. The average molecular weight is 593 g/mol. The summed E-state index contributed by atoms with van der Waals surface area (Å²) in [6, 6.07) is 8.73. The highest BCUT2D eigenvalue weighted by atomic mass is 35.5. The number of hydrogen-bond acceptors (Lipinski definition) is 9. The maximum absolute atomic E-state index is 13.1. The standard InChI is InChI=1S/C25H23Cl2N5O4S2/c1-2-35-24(34)15-5-3-9-31(12-15)23(33)18-13-37-21(28-18)14-38-25-30-29-22(20-6-4-10-36-20)32(25)19-11-16(26)7-8-17(19)27/h4,6-8,10-11,13,15H,2-3,5,9,12,14H2,1H3. The van der Waals surface area contributed by atoms with Gasteiger partial charge < -0.3 is 14.1 Å². The Kier molecular flexibility index (Phi) is 8.37. The minimum Gasteiger partial charge on any atom is -0.466 e. The molecule has 3 aromatic heterocycles. The molecule has 0 bridgehead atoms. The molecular formula is C25H23Cl2N5O4S2. The van der Waals surface area contributed by atoms with E-state index in [0.29, 0.717) is 63.6 Å². The van der Waals surface area contributed by atoms with Crippen molar-refractivity contribution in [2.75, 3.05) is 19.7 Å². The minimum atomic E-state index is -0.297. The molecule has 4 heterocycles. The van der Waals surface area contributed by atoms with Crippen LogP contribution < -0.4 is 0 Å². The Labute approximate surface area is 237 Å². The molecule has 1 fully saturated rings. The molecule has 0 radical (unpaired) electrons. The first-order chi connectivity index (χ1) is 18.4. The van der Waals surface area contributed by atoms with Gasteiger partial charge in [0, 0.05) is 23.5 Å². The van der Waals surface area contributed by atoms with Crippen LogP contribution in [-0.4, -0.2) is 56.2 Å². The summed E-state index contributed by atoms with van der Waals surface area (Å²) in [6.07, 6.45) is 3.03. The SMILES string of the molecule is CCOC(=O)C1CCCN(C(=O)c2csc(CSc3nnc(-c4ccco4)n3-c3cc(Cl)ccc3Cl)n2)C1. The maximum Gasteiger partial charge on any atom is 0.310 e. The molecule has 38 heavy (non-hydrogen) atoms. The van der Waals surface area contributed by atoms with Gasteiger partial charge in [-0.3, -0.25) is 14.2 Å². The van der Waals surface area contributed by atoms with Gasteiger partial charge in [-0.25, -0.2) is 4.98 Å². The van der Waals surface area contributed by atoms with E-state index in [1.54, 1.807) is 58.4 Å². The van der Waals surface area contributed by atoms with Gasteiger partial charge in [-0.15, -0.1) is 21.5 Å². The zero-order valence-electron chi connectivity index (χ0n) is 20.3. The zero-order chi connectivity index (χ0) is 26.6. The van der Waals surface area contributed by atoms with Gasteiger partial charge in [0.25, 0.3) is 5.91 Å². The monoisotopic (exact) mass is 591 g/mol. The van der Waals surface area contributed by atoms with Crippen LogP contribution in [0.25, 0.3) is 17.3 Å². The fourth-order valence-corrected chi connectivity index (χ4v) is 6.28. The maximum atomic E-state index is 13.1. The van der Waals surface area contributed by atoms with Crippen molar-refractivity contribution in [1.29, 1.82) is 0 Å². The largest absolute Gasteiger partial charge is 0.466 e. The van der Waals surface area contributed by atoms with Crippen molar-refractivity contribution >= 4 is 58.2 Å². The number of benzene rings is 1. The van der Waals surface area contributed by atoms with Crippen molar-refractivity contribution < 1.29 is 18.7 Å². The molecule has 0 spiro atoms. The highest BCUT2D eigenvalue weighted by molar-refractivity contribution is 7.98. The number of carbonyl (C=O) groups is 2. The number of likely N-dealkylation sites (tertiary alicyclic amines) is 1. The van der Waals surface area contributed by atoms with Crippen molar-refractivity contribution in [3.63, 3.8) is 0 Å². The third kappa shape index (κ3) is 5.75. The minimum absolute atomic E-state index is 0.180. The summed E-state index contributed by atoms with van der Waals surface area (Å²) >= 11 is 15.6. The Hall–Kier alpha value is -2.86. The normalized spacial score (nSPS) is 15.6. The van der Waals surface area contributed by atoms with E-state index in [1.807, 2.05) is 0 Å². The van der Waals surface area contributed by atoms with Crippen LogP contribution in [0.5, 0.6) is 0 Å². The average Bonchev–Trinajstić information content (AvgIpc) is 3.69. The predicted octanol–water partition coefficient (Wildman–Crippen LogP) is 6.00.